The molecule has 1 saturated carbocycles. The lowest BCUT2D eigenvalue weighted by atomic mass is 9.83. The third-order valence-corrected chi connectivity index (χ3v) is 4.14. The third kappa shape index (κ3) is 2.19. The van der Waals surface area contributed by atoms with Gasteiger partial charge >= 0.3 is 10.2 Å². The van der Waals surface area contributed by atoms with E-state index in [0.717, 1.165) is 12.8 Å². The van der Waals surface area contributed by atoms with E-state index in [-0.39, 0.29) is 5.92 Å². The van der Waals surface area contributed by atoms with Crippen LogP contribution in [0.2, 0.25) is 0 Å². The van der Waals surface area contributed by atoms with Crippen LogP contribution in [0.1, 0.15) is 33.1 Å². The summed E-state index contributed by atoms with van der Waals surface area (Å²) in [6.07, 6.45) is 2.15. The monoisotopic (exact) mass is 194 g/mol. The van der Waals surface area contributed by atoms with Gasteiger partial charge in [-0.15, -0.1) is 3.89 Å². The van der Waals surface area contributed by atoms with Crippen molar-refractivity contribution >= 4 is 10.2 Å². The fraction of sp³-hybridized carbons (Fsp3) is 1.00. The van der Waals surface area contributed by atoms with Gasteiger partial charge in [0.05, 0.1) is 5.25 Å². The largest absolute Gasteiger partial charge is 0.305 e. The van der Waals surface area contributed by atoms with Crippen LogP contribution in [0, 0.1) is 11.8 Å². The standard InChI is InChI=1S/C8H15FO2S/c1-6-3-4-8(7(2)5-6)12(9,10)11/h6-8H,3-5H2,1-2H3. The summed E-state index contributed by atoms with van der Waals surface area (Å²) < 4.78 is 33.9. The molecule has 12 heavy (non-hydrogen) atoms. The maximum absolute atomic E-state index is 12.6. The van der Waals surface area contributed by atoms with Crippen LogP contribution in [-0.2, 0) is 10.2 Å². The first-order valence-corrected chi connectivity index (χ1v) is 5.79. The third-order valence-electron chi connectivity index (χ3n) is 2.71. The molecule has 0 spiro atoms. The Kier molecular flexibility index (Phi) is 2.76. The molecular weight excluding hydrogens is 179 g/mol. The van der Waals surface area contributed by atoms with Crippen LogP contribution in [0.3, 0.4) is 0 Å². The molecule has 0 amide bonds. The van der Waals surface area contributed by atoms with Crippen LogP contribution in [0.5, 0.6) is 0 Å². The highest BCUT2D eigenvalue weighted by atomic mass is 32.3. The summed E-state index contributed by atoms with van der Waals surface area (Å²) in [4.78, 5) is 0. The van der Waals surface area contributed by atoms with Crippen molar-refractivity contribution in [1.29, 1.82) is 0 Å². The zero-order valence-corrected chi connectivity index (χ0v) is 8.27. The average Bonchev–Trinajstić information content (AvgIpc) is 1.83. The van der Waals surface area contributed by atoms with E-state index in [1.807, 2.05) is 6.92 Å². The summed E-state index contributed by atoms with van der Waals surface area (Å²) in [6, 6.07) is 0. The lowest BCUT2D eigenvalue weighted by Crippen LogP contribution is -2.31. The fourth-order valence-electron chi connectivity index (χ4n) is 2.06. The molecule has 0 bridgehead atoms. The molecule has 0 aliphatic heterocycles. The number of rotatable bonds is 1. The maximum Gasteiger partial charge on any atom is 0.305 e. The van der Waals surface area contributed by atoms with Gasteiger partial charge in [0.15, 0.2) is 0 Å². The summed E-state index contributed by atoms with van der Waals surface area (Å²) >= 11 is 0. The molecule has 1 aliphatic carbocycles. The van der Waals surface area contributed by atoms with Crippen molar-refractivity contribution in [3.05, 3.63) is 0 Å². The van der Waals surface area contributed by atoms with Crippen molar-refractivity contribution in [3.63, 3.8) is 0 Å². The SMILES string of the molecule is CC1CCC(S(=O)(=O)F)C(C)C1. The molecule has 1 fully saturated rings. The molecule has 0 heterocycles. The van der Waals surface area contributed by atoms with Crippen LogP contribution < -0.4 is 0 Å². The fourth-order valence-corrected chi connectivity index (χ4v) is 3.14. The first-order valence-electron chi connectivity index (χ1n) is 4.34. The van der Waals surface area contributed by atoms with Gasteiger partial charge in [-0.2, -0.15) is 8.42 Å². The summed E-state index contributed by atoms with van der Waals surface area (Å²) in [5.74, 6) is 0.516. The Morgan fingerprint density at radius 3 is 2.25 bits per heavy atom. The molecule has 0 radical (unpaired) electrons. The molecule has 0 aromatic carbocycles. The van der Waals surface area contributed by atoms with E-state index in [1.54, 1.807) is 0 Å². The Hall–Kier alpha value is -0.120. The normalized spacial score (nSPS) is 38.1. The van der Waals surface area contributed by atoms with Crippen LogP contribution in [0.15, 0.2) is 0 Å². The van der Waals surface area contributed by atoms with Gasteiger partial charge in [0.1, 0.15) is 0 Å². The van der Waals surface area contributed by atoms with E-state index in [0.29, 0.717) is 12.3 Å². The molecule has 0 aromatic heterocycles. The summed E-state index contributed by atoms with van der Waals surface area (Å²) in [7, 11) is -4.30. The Labute approximate surface area is 73.4 Å². The summed E-state index contributed by atoms with van der Waals surface area (Å²) in [5, 5.41) is -0.742. The van der Waals surface area contributed by atoms with E-state index >= 15 is 0 Å². The number of hydrogen-bond donors (Lipinski definition) is 0. The van der Waals surface area contributed by atoms with E-state index in [1.165, 1.54) is 0 Å². The molecule has 72 valence electrons. The van der Waals surface area contributed by atoms with E-state index in [9.17, 15) is 12.3 Å². The predicted molar refractivity (Wildman–Crippen MR) is 46.0 cm³/mol. The second kappa shape index (κ2) is 3.32. The molecule has 0 N–H and O–H groups in total. The van der Waals surface area contributed by atoms with E-state index in [2.05, 4.69) is 6.92 Å². The zero-order chi connectivity index (χ0) is 9.35. The van der Waals surface area contributed by atoms with Gasteiger partial charge in [0.2, 0.25) is 0 Å². The zero-order valence-electron chi connectivity index (χ0n) is 7.46. The van der Waals surface area contributed by atoms with Gasteiger partial charge in [0, 0.05) is 0 Å². The highest BCUT2D eigenvalue weighted by Crippen LogP contribution is 2.33. The maximum atomic E-state index is 12.6. The first-order chi connectivity index (χ1) is 5.41. The average molecular weight is 194 g/mol. The molecule has 0 saturated heterocycles. The highest BCUT2D eigenvalue weighted by molar-refractivity contribution is 7.87. The minimum Gasteiger partial charge on any atom is -0.195 e. The number of hydrogen-bond acceptors (Lipinski definition) is 2. The van der Waals surface area contributed by atoms with Crippen LogP contribution in [-0.4, -0.2) is 13.7 Å². The smallest absolute Gasteiger partial charge is 0.195 e. The van der Waals surface area contributed by atoms with Crippen LogP contribution in [0.25, 0.3) is 0 Å². The molecular formula is C8H15FO2S. The Morgan fingerprint density at radius 1 is 1.25 bits per heavy atom. The van der Waals surface area contributed by atoms with Crippen molar-refractivity contribution in [1.82, 2.24) is 0 Å². The summed E-state index contributed by atoms with van der Waals surface area (Å²) in [6.45, 7) is 3.90. The van der Waals surface area contributed by atoms with Crippen LogP contribution in [0.4, 0.5) is 3.89 Å². The second-order valence-corrected chi connectivity index (χ2v) is 5.47. The van der Waals surface area contributed by atoms with Gasteiger partial charge in [-0.05, 0) is 31.1 Å². The van der Waals surface area contributed by atoms with E-state index in [4.69, 9.17) is 0 Å². The van der Waals surface area contributed by atoms with Gasteiger partial charge in [-0.1, -0.05) is 13.8 Å². The second-order valence-electron chi connectivity index (χ2n) is 3.91. The Balaban J connectivity index is 2.69. The minimum absolute atomic E-state index is 0.0243. The molecule has 3 unspecified atom stereocenters. The van der Waals surface area contributed by atoms with Crippen molar-refractivity contribution in [2.24, 2.45) is 11.8 Å². The van der Waals surface area contributed by atoms with Crippen LogP contribution >= 0.6 is 0 Å². The number of halogens is 1. The van der Waals surface area contributed by atoms with Gasteiger partial charge < -0.3 is 0 Å². The lowest BCUT2D eigenvalue weighted by Gasteiger charge is -2.29. The highest BCUT2D eigenvalue weighted by Gasteiger charge is 2.34. The topological polar surface area (TPSA) is 34.1 Å². The Bertz CT molecular complexity index is 248. The predicted octanol–water partition coefficient (Wildman–Crippen LogP) is 2.11. The minimum atomic E-state index is -4.30. The van der Waals surface area contributed by atoms with Crippen molar-refractivity contribution < 1.29 is 12.3 Å². The first kappa shape index (κ1) is 9.96. The van der Waals surface area contributed by atoms with Gasteiger partial charge in [-0.3, -0.25) is 0 Å². The molecule has 1 aliphatic rings. The molecule has 0 aromatic rings. The summed E-state index contributed by atoms with van der Waals surface area (Å²) in [5.41, 5.74) is 0. The Morgan fingerprint density at radius 2 is 1.83 bits per heavy atom. The van der Waals surface area contributed by atoms with Crippen molar-refractivity contribution in [2.75, 3.05) is 0 Å². The quantitative estimate of drug-likeness (QED) is 0.599. The van der Waals surface area contributed by atoms with Crippen molar-refractivity contribution in [3.8, 4) is 0 Å². The molecule has 4 heteroatoms. The van der Waals surface area contributed by atoms with Crippen molar-refractivity contribution in [2.45, 2.75) is 38.4 Å². The molecule has 1 rings (SSSR count). The van der Waals surface area contributed by atoms with Gasteiger partial charge in [-0.25, -0.2) is 0 Å². The molecule has 2 nitrogen and oxygen atoms in total. The lowest BCUT2D eigenvalue weighted by molar-refractivity contribution is 0.297. The van der Waals surface area contributed by atoms with Gasteiger partial charge in [0.25, 0.3) is 0 Å². The van der Waals surface area contributed by atoms with E-state index < -0.39 is 15.5 Å². The molecule has 3 atom stereocenters.